The molecule has 1 aromatic rings. The van der Waals surface area contributed by atoms with Crippen LogP contribution in [0, 0.1) is 0 Å². The van der Waals surface area contributed by atoms with Crippen LogP contribution in [0.5, 0.6) is 5.75 Å². The summed E-state index contributed by atoms with van der Waals surface area (Å²) >= 11 is 0. The number of nitrogens with one attached hydrogen (secondary N) is 2. The summed E-state index contributed by atoms with van der Waals surface area (Å²) in [5.74, 6) is -1.37. The number of likely N-dealkylation sites (N-methyl/N-ethyl adjacent to an activating group) is 1. The van der Waals surface area contributed by atoms with Gasteiger partial charge < -0.3 is 19.7 Å². The molecule has 170 valence electrons. The fourth-order valence-corrected chi connectivity index (χ4v) is 3.22. The molecule has 0 heterocycles. The lowest BCUT2D eigenvalue weighted by atomic mass is 10.3. The Bertz CT molecular complexity index is 800. The van der Waals surface area contributed by atoms with Crippen LogP contribution >= 0.6 is 0 Å². The molecule has 9 nitrogen and oxygen atoms in total. The van der Waals surface area contributed by atoms with E-state index in [1.807, 2.05) is 0 Å². The minimum atomic E-state index is -4.88. The molecule has 1 rings (SSSR count). The average Bonchev–Trinajstić information content (AvgIpc) is 2.64. The molecule has 0 radical (unpaired) electrons. The molecule has 0 aromatic heterocycles. The van der Waals surface area contributed by atoms with Crippen molar-refractivity contribution >= 4 is 21.8 Å². The van der Waals surface area contributed by atoms with E-state index in [1.165, 1.54) is 7.05 Å². The summed E-state index contributed by atoms with van der Waals surface area (Å²) in [7, 11) is -1.08. The molecule has 0 aliphatic carbocycles. The van der Waals surface area contributed by atoms with Crippen molar-refractivity contribution in [2.24, 2.45) is 0 Å². The second-order valence-corrected chi connectivity index (χ2v) is 7.88. The lowest BCUT2D eigenvalue weighted by Gasteiger charge is -2.17. The van der Waals surface area contributed by atoms with Gasteiger partial charge in [0.2, 0.25) is 21.8 Å². The fraction of sp³-hybridized carbons (Fsp3) is 0.529. The molecule has 0 fully saturated rings. The number of halogens is 3. The second-order valence-electron chi connectivity index (χ2n) is 6.11. The lowest BCUT2D eigenvalue weighted by molar-refractivity contribution is -0.274. The Hall–Kier alpha value is -2.38. The minimum Gasteiger partial charge on any atom is -0.406 e. The number of sulfonamides is 1. The van der Waals surface area contributed by atoms with Gasteiger partial charge in [-0.25, -0.2) is 13.1 Å². The Morgan fingerprint density at radius 3 is 2.33 bits per heavy atom. The number of amides is 2. The van der Waals surface area contributed by atoms with E-state index in [2.05, 4.69) is 14.8 Å². The van der Waals surface area contributed by atoms with Gasteiger partial charge in [-0.3, -0.25) is 9.59 Å². The number of nitrogens with zero attached hydrogens (tertiary/aromatic N) is 1. The number of carbonyl (C=O) groups is 2. The second kappa shape index (κ2) is 11.7. The first-order valence-corrected chi connectivity index (χ1v) is 10.3. The zero-order valence-electron chi connectivity index (χ0n) is 16.5. The van der Waals surface area contributed by atoms with E-state index in [0.717, 1.165) is 29.2 Å². The SMILES string of the molecule is COCCCNC(=O)CN(C)C(=O)CCNS(=O)(=O)c1ccc(OC(F)(F)F)cc1. The first kappa shape index (κ1) is 25.7. The van der Waals surface area contributed by atoms with Gasteiger partial charge in [-0.1, -0.05) is 0 Å². The predicted octanol–water partition coefficient (Wildman–Crippen LogP) is 0.865. The molecule has 0 saturated carbocycles. The largest absolute Gasteiger partial charge is 0.573 e. The van der Waals surface area contributed by atoms with Crippen LogP contribution in [-0.2, 0) is 24.3 Å². The van der Waals surface area contributed by atoms with Crippen LogP contribution in [0.1, 0.15) is 12.8 Å². The summed E-state index contributed by atoms with van der Waals surface area (Å²) in [6.07, 6.45) is -4.46. The van der Waals surface area contributed by atoms with Crippen LogP contribution in [0.2, 0.25) is 0 Å². The average molecular weight is 455 g/mol. The molecular weight excluding hydrogens is 431 g/mol. The highest BCUT2D eigenvalue weighted by atomic mass is 32.2. The normalized spacial score (nSPS) is 11.8. The van der Waals surface area contributed by atoms with Crippen LogP contribution < -0.4 is 14.8 Å². The number of rotatable bonds is 12. The highest BCUT2D eigenvalue weighted by Crippen LogP contribution is 2.23. The van der Waals surface area contributed by atoms with Gasteiger partial charge in [0.05, 0.1) is 11.4 Å². The van der Waals surface area contributed by atoms with Crippen molar-refractivity contribution in [3.8, 4) is 5.75 Å². The summed E-state index contributed by atoms with van der Waals surface area (Å²) in [4.78, 5) is 24.6. The van der Waals surface area contributed by atoms with Gasteiger partial charge in [0.25, 0.3) is 0 Å². The highest BCUT2D eigenvalue weighted by Gasteiger charge is 2.31. The van der Waals surface area contributed by atoms with Gasteiger partial charge in [-0.2, -0.15) is 0 Å². The monoisotopic (exact) mass is 455 g/mol. The van der Waals surface area contributed by atoms with Crippen molar-refractivity contribution in [1.29, 1.82) is 0 Å². The smallest absolute Gasteiger partial charge is 0.406 e. The molecule has 0 aliphatic heterocycles. The molecule has 2 N–H and O–H groups in total. The Morgan fingerprint density at radius 1 is 1.13 bits per heavy atom. The van der Waals surface area contributed by atoms with E-state index in [4.69, 9.17) is 4.74 Å². The van der Waals surface area contributed by atoms with Crippen LogP contribution in [0.4, 0.5) is 13.2 Å². The third kappa shape index (κ3) is 9.89. The van der Waals surface area contributed by atoms with Gasteiger partial charge in [0.1, 0.15) is 5.75 Å². The number of ether oxygens (including phenoxy) is 2. The Morgan fingerprint density at radius 2 is 1.77 bits per heavy atom. The Labute approximate surface area is 172 Å². The molecule has 0 aliphatic rings. The van der Waals surface area contributed by atoms with E-state index < -0.39 is 28.0 Å². The van der Waals surface area contributed by atoms with E-state index in [-0.39, 0.29) is 30.3 Å². The topological polar surface area (TPSA) is 114 Å². The molecule has 1 aromatic carbocycles. The zero-order chi connectivity index (χ0) is 22.8. The number of alkyl halides is 3. The molecule has 0 spiro atoms. The molecule has 0 saturated heterocycles. The van der Waals surface area contributed by atoms with E-state index >= 15 is 0 Å². The summed E-state index contributed by atoms with van der Waals surface area (Å²) < 4.78 is 71.4. The first-order valence-electron chi connectivity index (χ1n) is 8.79. The molecule has 0 bridgehead atoms. The van der Waals surface area contributed by atoms with Crippen molar-refractivity contribution < 1.29 is 40.7 Å². The number of hydrogen-bond acceptors (Lipinski definition) is 6. The molecule has 2 amide bonds. The maximum absolute atomic E-state index is 12.2. The van der Waals surface area contributed by atoms with Crippen LogP contribution in [0.25, 0.3) is 0 Å². The quantitative estimate of drug-likeness (QED) is 0.452. The van der Waals surface area contributed by atoms with Crippen LogP contribution in [0.3, 0.4) is 0 Å². The number of hydrogen-bond donors (Lipinski definition) is 2. The lowest BCUT2D eigenvalue weighted by Crippen LogP contribution is -2.40. The van der Waals surface area contributed by atoms with E-state index in [0.29, 0.717) is 19.6 Å². The van der Waals surface area contributed by atoms with Crippen molar-refractivity contribution in [3.63, 3.8) is 0 Å². The molecular formula is C17H24F3N3O6S. The van der Waals surface area contributed by atoms with Crippen LogP contribution in [0.15, 0.2) is 29.2 Å². The zero-order valence-corrected chi connectivity index (χ0v) is 17.3. The van der Waals surface area contributed by atoms with Crippen molar-refractivity contribution in [2.75, 3.05) is 40.4 Å². The van der Waals surface area contributed by atoms with Crippen LogP contribution in [-0.4, -0.2) is 71.9 Å². The van der Waals surface area contributed by atoms with Gasteiger partial charge in [0.15, 0.2) is 0 Å². The van der Waals surface area contributed by atoms with E-state index in [9.17, 15) is 31.2 Å². The molecule has 0 unspecified atom stereocenters. The highest BCUT2D eigenvalue weighted by molar-refractivity contribution is 7.89. The van der Waals surface area contributed by atoms with Gasteiger partial charge in [-0.15, -0.1) is 13.2 Å². The predicted molar refractivity (Wildman–Crippen MR) is 100 cm³/mol. The number of carbonyl (C=O) groups excluding carboxylic acids is 2. The fourth-order valence-electron chi connectivity index (χ4n) is 2.19. The third-order valence-electron chi connectivity index (χ3n) is 3.65. The molecule has 30 heavy (non-hydrogen) atoms. The minimum absolute atomic E-state index is 0.181. The summed E-state index contributed by atoms with van der Waals surface area (Å²) in [6.45, 7) is 0.468. The van der Waals surface area contributed by atoms with Gasteiger partial charge in [-0.05, 0) is 30.7 Å². The van der Waals surface area contributed by atoms with Crippen molar-refractivity contribution in [1.82, 2.24) is 14.9 Å². The van der Waals surface area contributed by atoms with Crippen molar-refractivity contribution in [3.05, 3.63) is 24.3 Å². The summed E-state index contributed by atoms with van der Waals surface area (Å²) in [5, 5.41) is 2.62. The van der Waals surface area contributed by atoms with E-state index in [1.54, 1.807) is 7.11 Å². The number of benzene rings is 1. The Balaban J connectivity index is 2.45. The number of methoxy groups -OCH3 is 1. The summed E-state index contributed by atoms with van der Waals surface area (Å²) in [6, 6.07) is 3.63. The maximum atomic E-state index is 12.2. The summed E-state index contributed by atoms with van der Waals surface area (Å²) in [5.41, 5.74) is 0. The Kier molecular flexibility index (Phi) is 10.0. The maximum Gasteiger partial charge on any atom is 0.573 e. The third-order valence-corrected chi connectivity index (χ3v) is 5.13. The standard InChI is InChI=1S/C17H24F3N3O6S/c1-23(12-15(24)21-9-3-11-28-2)16(25)8-10-22-30(26,27)14-6-4-13(5-7-14)29-17(18,19)20/h4-7,22H,3,8-12H2,1-2H3,(H,21,24). The van der Waals surface area contributed by atoms with Gasteiger partial charge >= 0.3 is 6.36 Å². The van der Waals surface area contributed by atoms with Crippen molar-refractivity contribution in [2.45, 2.75) is 24.1 Å². The molecule has 13 heteroatoms. The first-order chi connectivity index (χ1) is 13.9. The van der Waals surface area contributed by atoms with Gasteiger partial charge in [0, 0.05) is 40.3 Å². The molecule has 0 atom stereocenters.